The summed E-state index contributed by atoms with van der Waals surface area (Å²) >= 11 is 5.50. The molecule has 1 unspecified atom stereocenters. The van der Waals surface area contributed by atoms with Gasteiger partial charge < -0.3 is 24.8 Å². The van der Waals surface area contributed by atoms with Crippen molar-refractivity contribution in [3.63, 3.8) is 0 Å². The van der Waals surface area contributed by atoms with Crippen molar-refractivity contribution in [2.45, 2.75) is 25.3 Å². The summed E-state index contributed by atoms with van der Waals surface area (Å²) in [7, 11) is 1.70. The van der Waals surface area contributed by atoms with E-state index in [-0.39, 0.29) is 12.8 Å². The van der Waals surface area contributed by atoms with Crippen molar-refractivity contribution in [1.29, 1.82) is 0 Å². The van der Waals surface area contributed by atoms with Gasteiger partial charge in [0.05, 0.1) is 13.2 Å². The maximum absolute atomic E-state index is 5.50. The number of fused-ring (bicyclic) bond motifs is 2. The van der Waals surface area contributed by atoms with Gasteiger partial charge in [0.2, 0.25) is 6.79 Å². The first-order valence-electron chi connectivity index (χ1n) is 8.37. The zero-order valence-electron chi connectivity index (χ0n) is 14.0. The molecule has 0 bridgehead atoms. The average Bonchev–Trinajstić information content (AvgIpc) is 3.09. The van der Waals surface area contributed by atoms with Crippen molar-refractivity contribution in [2.24, 2.45) is 0 Å². The molecular formula is C19H20N2O3S. The fraction of sp³-hybridized carbons (Fsp3) is 0.316. The zero-order valence-corrected chi connectivity index (χ0v) is 14.8. The van der Waals surface area contributed by atoms with Gasteiger partial charge in [-0.25, -0.2) is 0 Å². The fourth-order valence-corrected chi connectivity index (χ4v) is 3.63. The third-order valence-corrected chi connectivity index (χ3v) is 4.82. The number of anilines is 1. The monoisotopic (exact) mass is 356 g/mol. The predicted octanol–water partition coefficient (Wildman–Crippen LogP) is 3.79. The Morgan fingerprint density at radius 3 is 2.92 bits per heavy atom. The molecule has 4 rings (SSSR count). The summed E-state index contributed by atoms with van der Waals surface area (Å²) in [5.74, 6) is 2.41. The SMILES string of the molecule is COc1ccc2c(c1)CCCC2NC(=S)Nc1ccc2c(c1)OCO2. The average molecular weight is 356 g/mol. The van der Waals surface area contributed by atoms with Gasteiger partial charge in [0.1, 0.15) is 5.75 Å². The van der Waals surface area contributed by atoms with E-state index in [0.717, 1.165) is 42.2 Å². The molecule has 6 heteroatoms. The summed E-state index contributed by atoms with van der Waals surface area (Å²) < 4.78 is 16.1. The zero-order chi connectivity index (χ0) is 17.2. The first kappa shape index (κ1) is 16.0. The number of methoxy groups -OCH3 is 1. The van der Waals surface area contributed by atoms with Crippen LogP contribution in [0, 0.1) is 0 Å². The second-order valence-corrected chi connectivity index (χ2v) is 6.58. The smallest absolute Gasteiger partial charge is 0.231 e. The lowest BCUT2D eigenvalue weighted by Gasteiger charge is -2.28. The van der Waals surface area contributed by atoms with E-state index in [2.05, 4.69) is 22.8 Å². The second-order valence-electron chi connectivity index (χ2n) is 6.18. The molecule has 0 saturated carbocycles. The Labute approximate surface area is 152 Å². The van der Waals surface area contributed by atoms with Gasteiger partial charge in [-0.2, -0.15) is 0 Å². The molecule has 2 N–H and O–H groups in total. The molecule has 1 aliphatic heterocycles. The molecule has 1 aliphatic carbocycles. The van der Waals surface area contributed by atoms with Crippen LogP contribution >= 0.6 is 12.2 Å². The minimum Gasteiger partial charge on any atom is -0.497 e. The molecule has 25 heavy (non-hydrogen) atoms. The van der Waals surface area contributed by atoms with Crippen LogP contribution in [0.5, 0.6) is 17.2 Å². The van der Waals surface area contributed by atoms with Crippen LogP contribution in [0.2, 0.25) is 0 Å². The Balaban J connectivity index is 1.45. The lowest BCUT2D eigenvalue weighted by molar-refractivity contribution is 0.174. The molecule has 2 aromatic carbocycles. The van der Waals surface area contributed by atoms with Gasteiger partial charge in [-0.15, -0.1) is 0 Å². The third kappa shape index (κ3) is 3.35. The Hall–Kier alpha value is -2.47. The van der Waals surface area contributed by atoms with Crippen LogP contribution in [0.4, 0.5) is 5.69 Å². The van der Waals surface area contributed by atoms with Crippen molar-refractivity contribution in [2.75, 3.05) is 19.2 Å². The maximum atomic E-state index is 5.50. The molecule has 1 atom stereocenters. The Bertz CT molecular complexity index is 809. The van der Waals surface area contributed by atoms with Crippen molar-refractivity contribution in [3.05, 3.63) is 47.5 Å². The highest BCUT2D eigenvalue weighted by Gasteiger charge is 2.21. The van der Waals surface area contributed by atoms with Gasteiger partial charge in [0.25, 0.3) is 0 Å². The molecule has 0 spiro atoms. The number of ether oxygens (including phenoxy) is 3. The molecule has 0 aromatic heterocycles. The number of rotatable bonds is 3. The third-order valence-electron chi connectivity index (χ3n) is 4.60. The topological polar surface area (TPSA) is 51.8 Å². The van der Waals surface area contributed by atoms with Crippen molar-refractivity contribution in [3.8, 4) is 17.2 Å². The highest BCUT2D eigenvalue weighted by Crippen LogP contribution is 2.35. The Kier molecular flexibility index (Phi) is 4.36. The van der Waals surface area contributed by atoms with Gasteiger partial charge in [0.15, 0.2) is 16.6 Å². The standard InChI is InChI=1S/C19H20N2O3S/c1-22-14-6-7-15-12(9-14)3-2-4-16(15)21-19(25)20-13-5-8-17-18(10-13)24-11-23-17/h5-10,16H,2-4,11H2,1H3,(H2,20,21,25). The van der Waals surface area contributed by atoms with E-state index in [1.807, 2.05) is 24.3 Å². The summed E-state index contributed by atoms with van der Waals surface area (Å²) in [5.41, 5.74) is 3.50. The quantitative estimate of drug-likeness (QED) is 0.816. The predicted molar refractivity (Wildman–Crippen MR) is 101 cm³/mol. The minimum atomic E-state index is 0.212. The summed E-state index contributed by atoms with van der Waals surface area (Å²) in [6.07, 6.45) is 3.26. The van der Waals surface area contributed by atoms with Crippen LogP contribution in [0.25, 0.3) is 0 Å². The maximum Gasteiger partial charge on any atom is 0.231 e. The molecule has 1 heterocycles. The molecule has 0 amide bonds. The lowest BCUT2D eigenvalue weighted by Crippen LogP contribution is -2.34. The second kappa shape index (κ2) is 6.80. The first-order valence-corrected chi connectivity index (χ1v) is 8.78. The molecule has 0 saturated heterocycles. The van der Waals surface area contributed by atoms with Gasteiger partial charge in [-0.05, 0) is 66.9 Å². The largest absolute Gasteiger partial charge is 0.497 e. The lowest BCUT2D eigenvalue weighted by atomic mass is 9.87. The van der Waals surface area contributed by atoms with Crippen LogP contribution in [-0.2, 0) is 6.42 Å². The summed E-state index contributed by atoms with van der Waals surface area (Å²) in [5, 5.41) is 7.27. The Morgan fingerprint density at radius 2 is 2.04 bits per heavy atom. The van der Waals surface area contributed by atoms with E-state index in [4.69, 9.17) is 26.4 Å². The van der Waals surface area contributed by atoms with Crippen LogP contribution in [0.1, 0.15) is 30.0 Å². The molecule has 5 nitrogen and oxygen atoms in total. The summed E-state index contributed by atoms with van der Waals surface area (Å²) in [6, 6.07) is 12.2. The van der Waals surface area contributed by atoms with Crippen molar-refractivity contribution >= 4 is 23.0 Å². The molecule has 2 aromatic rings. The molecule has 130 valence electrons. The number of thiocarbonyl (C=S) groups is 1. The van der Waals surface area contributed by atoms with Crippen LogP contribution in [0.15, 0.2) is 36.4 Å². The molecular weight excluding hydrogens is 336 g/mol. The summed E-state index contributed by atoms with van der Waals surface area (Å²) in [6.45, 7) is 0.268. The highest BCUT2D eigenvalue weighted by atomic mass is 32.1. The van der Waals surface area contributed by atoms with Crippen LogP contribution < -0.4 is 24.8 Å². The number of aryl methyl sites for hydroxylation is 1. The highest BCUT2D eigenvalue weighted by molar-refractivity contribution is 7.80. The number of hydrogen-bond acceptors (Lipinski definition) is 4. The summed E-state index contributed by atoms with van der Waals surface area (Å²) in [4.78, 5) is 0. The van der Waals surface area contributed by atoms with Crippen molar-refractivity contribution < 1.29 is 14.2 Å². The van der Waals surface area contributed by atoms with Crippen molar-refractivity contribution in [1.82, 2.24) is 5.32 Å². The van der Waals surface area contributed by atoms with E-state index >= 15 is 0 Å². The van der Waals surface area contributed by atoms with Gasteiger partial charge in [-0.1, -0.05) is 6.07 Å². The first-order chi connectivity index (χ1) is 12.2. The Morgan fingerprint density at radius 1 is 1.16 bits per heavy atom. The van der Waals surface area contributed by atoms with Crippen LogP contribution in [0.3, 0.4) is 0 Å². The van der Waals surface area contributed by atoms with Gasteiger partial charge in [-0.3, -0.25) is 0 Å². The van der Waals surface area contributed by atoms with E-state index in [0.29, 0.717) is 5.11 Å². The van der Waals surface area contributed by atoms with E-state index in [1.54, 1.807) is 7.11 Å². The number of benzene rings is 2. The number of nitrogens with one attached hydrogen (secondary N) is 2. The molecule has 2 aliphatic rings. The normalized spacial score (nSPS) is 17.6. The number of hydrogen-bond donors (Lipinski definition) is 2. The van der Waals surface area contributed by atoms with E-state index < -0.39 is 0 Å². The molecule has 0 radical (unpaired) electrons. The van der Waals surface area contributed by atoms with Gasteiger partial charge >= 0.3 is 0 Å². The van der Waals surface area contributed by atoms with Gasteiger partial charge in [0, 0.05) is 11.8 Å². The van der Waals surface area contributed by atoms with Crippen LogP contribution in [-0.4, -0.2) is 19.0 Å². The fourth-order valence-electron chi connectivity index (χ4n) is 3.37. The molecule has 0 fully saturated rings. The minimum absolute atomic E-state index is 0.212. The van der Waals surface area contributed by atoms with E-state index in [9.17, 15) is 0 Å². The van der Waals surface area contributed by atoms with E-state index in [1.165, 1.54) is 11.1 Å².